The minimum Gasteiger partial charge on any atom is -0.481 e. The Morgan fingerprint density at radius 1 is 1.35 bits per heavy atom. The maximum atomic E-state index is 12.0. The summed E-state index contributed by atoms with van der Waals surface area (Å²) < 4.78 is 0. The summed E-state index contributed by atoms with van der Waals surface area (Å²) in [4.78, 5) is 24.5. The van der Waals surface area contributed by atoms with Crippen LogP contribution in [0.1, 0.15) is 20.8 Å². The molecule has 0 bridgehead atoms. The molecule has 0 aromatic carbocycles. The van der Waals surface area contributed by atoms with Crippen LogP contribution in [-0.2, 0) is 9.59 Å². The van der Waals surface area contributed by atoms with Crippen molar-refractivity contribution in [1.82, 2.24) is 4.90 Å². The molecule has 1 heterocycles. The molecule has 1 saturated heterocycles. The number of hydrogen-bond donors (Lipinski definition) is 2. The highest BCUT2D eigenvalue weighted by molar-refractivity contribution is 5.80. The summed E-state index contributed by atoms with van der Waals surface area (Å²) in [7, 11) is 0. The summed E-state index contributed by atoms with van der Waals surface area (Å²) >= 11 is 0. The monoisotopic (exact) mass is 242 g/mol. The number of amides is 1. The van der Waals surface area contributed by atoms with Gasteiger partial charge in [0.2, 0.25) is 5.91 Å². The number of nitrogens with two attached hydrogens (primary N) is 1. The molecule has 0 aromatic rings. The first-order valence-corrected chi connectivity index (χ1v) is 6.10. The quantitative estimate of drug-likeness (QED) is 0.730. The molecule has 98 valence electrons. The lowest BCUT2D eigenvalue weighted by Crippen LogP contribution is -2.56. The molecular formula is C12H22N2O3. The Hall–Kier alpha value is -1.10. The summed E-state index contributed by atoms with van der Waals surface area (Å²) in [6.07, 6.45) is 0. The number of carbonyl (C=O) groups excluding carboxylic acids is 1. The van der Waals surface area contributed by atoms with Gasteiger partial charge in [0, 0.05) is 25.6 Å². The molecular weight excluding hydrogens is 220 g/mol. The Labute approximate surface area is 102 Å². The fraction of sp³-hybridized carbons (Fsp3) is 0.833. The molecule has 0 aromatic heterocycles. The van der Waals surface area contributed by atoms with Crippen molar-refractivity contribution in [3.05, 3.63) is 0 Å². The fourth-order valence-electron chi connectivity index (χ4n) is 2.10. The van der Waals surface area contributed by atoms with E-state index >= 15 is 0 Å². The molecule has 5 heteroatoms. The molecule has 0 aliphatic carbocycles. The molecule has 0 spiro atoms. The molecule has 0 radical (unpaired) electrons. The number of likely N-dealkylation sites (tertiary alicyclic amines) is 1. The van der Waals surface area contributed by atoms with Crippen molar-refractivity contribution in [2.75, 3.05) is 19.6 Å². The van der Waals surface area contributed by atoms with Crippen LogP contribution in [0, 0.1) is 23.7 Å². The van der Waals surface area contributed by atoms with Crippen molar-refractivity contribution in [2.24, 2.45) is 29.4 Å². The summed E-state index contributed by atoms with van der Waals surface area (Å²) in [6.45, 7) is 7.11. The second-order valence-electron chi connectivity index (χ2n) is 5.22. The van der Waals surface area contributed by atoms with Gasteiger partial charge in [-0.1, -0.05) is 20.8 Å². The van der Waals surface area contributed by atoms with Crippen molar-refractivity contribution in [3.8, 4) is 0 Å². The molecule has 1 rings (SSSR count). The normalized spacial score (nSPS) is 19.9. The standard InChI is InChI=1S/C12H22N2O3/c1-7(2)10(4-13)11(15)14-5-9(6-14)8(3)12(16)17/h7-10H,4-6,13H2,1-3H3,(H,16,17). The van der Waals surface area contributed by atoms with Gasteiger partial charge in [-0.05, 0) is 5.92 Å². The molecule has 3 N–H and O–H groups in total. The van der Waals surface area contributed by atoms with Gasteiger partial charge in [0.1, 0.15) is 0 Å². The summed E-state index contributed by atoms with van der Waals surface area (Å²) in [5.74, 6) is -0.936. The molecule has 1 aliphatic rings. The van der Waals surface area contributed by atoms with E-state index in [-0.39, 0.29) is 29.6 Å². The van der Waals surface area contributed by atoms with Gasteiger partial charge in [0.05, 0.1) is 11.8 Å². The Morgan fingerprint density at radius 3 is 2.24 bits per heavy atom. The Balaban J connectivity index is 2.47. The first-order valence-electron chi connectivity index (χ1n) is 6.10. The average Bonchev–Trinajstić information content (AvgIpc) is 2.15. The molecule has 1 amide bonds. The zero-order chi connectivity index (χ0) is 13.2. The third-order valence-corrected chi connectivity index (χ3v) is 3.69. The average molecular weight is 242 g/mol. The van der Waals surface area contributed by atoms with Gasteiger partial charge in [0.25, 0.3) is 0 Å². The van der Waals surface area contributed by atoms with Crippen LogP contribution < -0.4 is 5.73 Å². The third-order valence-electron chi connectivity index (χ3n) is 3.69. The summed E-state index contributed by atoms with van der Waals surface area (Å²) in [5.41, 5.74) is 5.59. The Morgan fingerprint density at radius 2 is 1.88 bits per heavy atom. The largest absolute Gasteiger partial charge is 0.481 e. The van der Waals surface area contributed by atoms with Gasteiger partial charge in [-0.25, -0.2) is 0 Å². The van der Waals surface area contributed by atoms with Gasteiger partial charge < -0.3 is 15.7 Å². The zero-order valence-electron chi connectivity index (χ0n) is 10.7. The SMILES string of the molecule is CC(C)C(CN)C(=O)N1CC(C(C)C(=O)O)C1. The van der Waals surface area contributed by atoms with Crippen LogP contribution in [0.15, 0.2) is 0 Å². The van der Waals surface area contributed by atoms with E-state index < -0.39 is 5.97 Å². The van der Waals surface area contributed by atoms with Crippen molar-refractivity contribution in [3.63, 3.8) is 0 Å². The van der Waals surface area contributed by atoms with Crippen LogP contribution in [0.5, 0.6) is 0 Å². The smallest absolute Gasteiger partial charge is 0.306 e. The van der Waals surface area contributed by atoms with Crippen LogP contribution in [0.4, 0.5) is 0 Å². The lowest BCUT2D eigenvalue weighted by molar-refractivity contribution is -0.152. The number of rotatable bonds is 5. The fourth-order valence-corrected chi connectivity index (χ4v) is 2.10. The summed E-state index contributed by atoms with van der Waals surface area (Å²) in [5, 5.41) is 8.86. The minimum absolute atomic E-state index is 0.0661. The zero-order valence-corrected chi connectivity index (χ0v) is 10.7. The van der Waals surface area contributed by atoms with E-state index in [0.29, 0.717) is 19.6 Å². The van der Waals surface area contributed by atoms with E-state index in [1.807, 2.05) is 13.8 Å². The number of carboxylic acid groups (broad SMARTS) is 1. The molecule has 1 aliphatic heterocycles. The van der Waals surface area contributed by atoms with Crippen molar-refractivity contribution < 1.29 is 14.7 Å². The molecule has 0 saturated carbocycles. The Bertz CT molecular complexity index is 298. The molecule has 5 nitrogen and oxygen atoms in total. The van der Waals surface area contributed by atoms with Gasteiger partial charge in [0.15, 0.2) is 0 Å². The van der Waals surface area contributed by atoms with E-state index in [4.69, 9.17) is 10.8 Å². The highest BCUT2D eigenvalue weighted by atomic mass is 16.4. The van der Waals surface area contributed by atoms with E-state index in [1.54, 1.807) is 11.8 Å². The lowest BCUT2D eigenvalue weighted by atomic mass is 9.85. The van der Waals surface area contributed by atoms with E-state index in [0.717, 1.165) is 0 Å². The first-order chi connectivity index (χ1) is 7.88. The molecule has 2 unspecified atom stereocenters. The van der Waals surface area contributed by atoms with Gasteiger partial charge in [-0.15, -0.1) is 0 Å². The summed E-state index contributed by atoms with van der Waals surface area (Å²) in [6, 6.07) is 0. The van der Waals surface area contributed by atoms with Crippen molar-refractivity contribution in [1.29, 1.82) is 0 Å². The van der Waals surface area contributed by atoms with Crippen LogP contribution in [0.25, 0.3) is 0 Å². The molecule has 2 atom stereocenters. The van der Waals surface area contributed by atoms with E-state index in [2.05, 4.69) is 0 Å². The van der Waals surface area contributed by atoms with Crippen LogP contribution >= 0.6 is 0 Å². The molecule has 1 fully saturated rings. The number of hydrogen-bond acceptors (Lipinski definition) is 3. The van der Waals surface area contributed by atoms with Crippen LogP contribution in [0.3, 0.4) is 0 Å². The van der Waals surface area contributed by atoms with Gasteiger partial charge in [-0.2, -0.15) is 0 Å². The van der Waals surface area contributed by atoms with Crippen molar-refractivity contribution in [2.45, 2.75) is 20.8 Å². The first kappa shape index (κ1) is 14.0. The third kappa shape index (κ3) is 2.97. The molecule has 17 heavy (non-hydrogen) atoms. The predicted molar refractivity (Wildman–Crippen MR) is 64.3 cm³/mol. The highest BCUT2D eigenvalue weighted by Crippen LogP contribution is 2.26. The lowest BCUT2D eigenvalue weighted by Gasteiger charge is -2.43. The van der Waals surface area contributed by atoms with Gasteiger partial charge >= 0.3 is 5.97 Å². The minimum atomic E-state index is -0.790. The van der Waals surface area contributed by atoms with E-state index in [9.17, 15) is 9.59 Å². The maximum absolute atomic E-state index is 12.0. The second-order valence-corrected chi connectivity index (χ2v) is 5.22. The number of carbonyl (C=O) groups is 2. The number of aliphatic carboxylic acids is 1. The second kappa shape index (κ2) is 5.49. The topological polar surface area (TPSA) is 83.6 Å². The van der Waals surface area contributed by atoms with Crippen LogP contribution in [-0.4, -0.2) is 41.5 Å². The maximum Gasteiger partial charge on any atom is 0.306 e. The number of nitrogens with zero attached hydrogens (tertiary/aromatic N) is 1. The van der Waals surface area contributed by atoms with Gasteiger partial charge in [-0.3, -0.25) is 9.59 Å². The predicted octanol–water partition coefficient (Wildman–Crippen LogP) is 0.396. The van der Waals surface area contributed by atoms with Crippen LogP contribution in [0.2, 0.25) is 0 Å². The van der Waals surface area contributed by atoms with Crippen molar-refractivity contribution >= 4 is 11.9 Å². The number of carboxylic acids is 1. The highest BCUT2D eigenvalue weighted by Gasteiger charge is 2.39. The Kier molecular flexibility index (Phi) is 4.51. The van der Waals surface area contributed by atoms with E-state index in [1.165, 1.54) is 0 Å².